The highest BCUT2D eigenvalue weighted by molar-refractivity contribution is 9.09. The van der Waals surface area contributed by atoms with Gasteiger partial charge in [-0.3, -0.25) is 0 Å². The Balaban J connectivity index is 2.81. The molecule has 0 bridgehead atoms. The average molecular weight is 337 g/mol. The number of rotatable bonds is 4. The van der Waals surface area contributed by atoms with Crippen molar-refractivity contribution in [1.29, 1.82) is 0 Å². The van der Waals surface area contributed by atoms with E-state index in [4.69, 9.17) is 0 Å². The van der Waals surface area contributed by atoms with E-state index in [1.54, 1.807) is 0 Å². The van der Waals surface area contributed by atoms with Crippen LogP contribution < -0.4 is 0 Å². The van der Waals surface area contributed by atoms with E-state index >= 15 is 0 Å². The molecule has 0 radical (unpaired) electrons. The minimum atomic E-state index is -0.888. The number of halogens is 4. The van der Waals surface area contributed by atoms with Gasteiger partial charge >= 0.3 is 0 Å². The fraction of sp³-hybridized carbons (Fsp3) is 0.600. The Morgan fingerprint density at radius 1 is 1.11 bits per heavy atom. The molecule has 19 heavy (non-hydrogen) atoms. The van der Waals surface area contributed by atoms with Crippen LogP contribution >= 0.6 is 15.9 Å². The molecule has 0 N–H and O–H groups in total. The maximum Gasteiger partial charge on any atom is 0.133 e. The highest BCUT2D eigenvalue weighted by Crippen LogP contribution is 2.37. The first-order valence-electron chi connectivity index (χ1n) is 6.38. The monoisotopic (exact) mass is 336 g/mol. The molecule has 0 aromatic heterocycles. The van der Waals surface area contributed by atoms with Crippen molar-refractivity contribution < 1.29 is 13.2 Å². The fourth-order valence-electron chi connectivity index (χ4n) is 2.45. The van der Waals surface area contributed by atoms with E-state index in [-0.39, 0.29) is 11.0 Å². The number of alkyl halides is 1. The maximum absolute atomic E-state index is 13.6. The van der Waals surface area contributed by atoms with Crippen LogP contribution in [-0.4, -0.2) is 0 Å². The molecule has 0 nitrogen and oxygen atoms in total. The van der Waals surface area contributed by atoms with Crippen LogP contribution in [0.2, 0.25) is 0 Å². The van der Waals surface area contributed by atoms with Crippen molar-refractivity contribution in [2.24, 2.45) is 11.3 Å². The molecule has 0 spiro atoms. The molecule has 0 saturated carbocycles. The van der Waals surface area contributed by atoms with Crippen LogP contribution in [0, 0.1) is 28.8 Å². The van der Waals surface area contributed by atoms with Crippen LogP contribution in [0.1, 0.15) is 50.9 Å². The predicted molar refractivity (Wildman–Crippen MR) is 75.8 cm³/mol. The van der Waals surface area contributed by atoms with Gasteiger partial charge in [-0.1, -0.05) is 43.6 Å². The van der Waals surface area contributed by atoms with Gasteiger partial charge in [0.15, 0.2) is 0 Å². The molecule has 0 aliphatic rings. The van der Waals surface area contributed by atoms with Crippen LogP contribution in [0.25, 0.3) is 0 Å². The van der Waals surface area contributed by atoms with Gasteiger partial charge in [-0.05, 0) is 24.2 Å². The second-order valence-electron chi connectivity index (χ2n) is 6.36. The van der Waals surface area contributed by atoms with Crippen molar-refractivity contribution >= 4 is 15.9 Å². The van der Waals surface area contributed by atoms with E-state index in [0.29, 0.717) is 12.3 Å². The number of benzene rings is 1. The Morgan fingerprint density at radius 3 is 2.00 bits per heavy atom. The van der Waals surface area contributed by atoms with E-state index in [1.165, 1.54) is 0 Å². The summed E-state index contributed by atoms with van der Waals surface area (Å²) in [6, 6.07) is 1.45. The molecule has 2 atom stereocenters. The second kappa shape index (κ2) is 6.29. The molecule has 1 rings (SSSR count). The Labute approximate surface area is 121 Å². The molecular weight excluding hydrogens is 317 g/mol. The van der Waals surface area contributed by atoms with E-state index in [0.717, 1.165) is 18.6 Å². The molecule has 0 amide bonds. The van der Waals surface area contributed by atoms with Gasteiger partial charge in [0.1, 0.15) is 17.5 Å². The zero-order valence-electron chi connectivity index (χ0n) is 11.7. The Morgan fingerprint density at radius 2 is 1.58 bits per heavy atom. The van der Waals surface area contributed by atoms with Crippen molar-refractivity contribution in [2.75, 3.05) is 0 Å². The zero-order chi connectivity index (χ0) is 14.8. The van der Waals surface area contributed by atoms with E-state index in [2.05, 4.69) is 43.6 Å². The first kappa shape index (κ1) is 16.5. The smallest absolute Gasteiger partial charge is 0.133 e. The largest absolute Gasteiger partial charge is 0.207 e. The molecule has 108 valence electrons. The Bertz CT molecular complexity index is 415. The summed E-state index contributed by atoms with van der Waals surface area (Å²) in [5, 5.41) is 0. The van der Waals surface area contributed by atoms with Crippen LogP contribution in [0.3, 0.4) is 0 Å². The summed E-state index contributed by atoms with van der Waals surface area (Å²) in [4.78, 5) is -0.439. The van der Waals surface area contributed by atoms with Gasteiger partial charge in [-0.15, -0.1) is 0 Å². The molecule has 2 unspecified atom stereocenters. The Hall–Kier alpha value is -0.510. The maximum atomic E-state index is 13.6. The third kappa shape index (κ3) is 5.17. The summed E-state index contributed by atoms with van der Waals surface area (Å²) >= 11 is 3.32. The van der Waals surface area contributed by atoms with Crippen molar-refractivity contribution in [2.45, 2.75) is 45.4 Å². The molecule has 0 aliphatic carbocycles. The third-order valence-corrected chi connectivity index (χ3v) is 3.76. The zero-order valence-corrected chi connectivity index (χ0v) is 13.3. The lowest BCUT2D eigenvalue weighted by molar-refractivity contribution is 0.295. The molecule has 0 saturated heterocycles. The van der Waals surface area contributed by atoms with Gasteiger partial charge in [-0.2, -0.15) is 0 Å². The van der Waals surface area contributed by atoms with E-state index in [9.17, 15) is 13.2 Å². The molecular formula is C15H20BrF3. The SMILES string of the molecule is CC(CC(Br)c1c(F)cc(F)cc1F)CC(C)(C)C. The molecule has 0 heterocycles. The standard InChI is InChI=1S/C15H20BrF3/c1-9(8-15(2,3)4)5-11(16)14-12(18)6-10(17)7-13(14)19/h6-7,9,11H,5,8H2,1-4H3. The lowest BCUT2D eigenvalue weighted by Crippen LogP contribution is -2.13. The van der Waals surface area contributed by atoms with Gasteiger partial charge in [-0.25, -0.2) is 13.2 Å². The average Bonchev–Trinajstić information content (AvgIpc) is 2.10. The predicted octanol–water partition coefficient (Wildman–Crippen LogP) is 6.00. The molecule has 0 fully saturated rings. The lowest BCUT2D eigenvalue weighted by atomic mass is 9.83. The Kier molecular flexibility index (Phi) is 5.48. The molecule has 4 heteroatoms. The second-order valence-corrected chi connectivity index (χ2v) is 7.46. The minimum Gasteiger partial charge on any atom is -0.207 e. The van der Waals surface area contributed by atoms with Gasteiger partial charge in [0.25, 0.3) is 0 Å². The summed E-state index contributed by atoms with van der Waals surface area (Å²) in [6.45, 7) is 8.45. The van der Waals surface area contributed by atoms with Crippen LogP contribution in [0.4, 0.5) is 13.2 Å². The van der Waals surface area contributed by atoms with Crippen molar-refractivity contribution in [3.8, 4) is 0 Å². The van der Waals surface area contributed by atoms with Gasteiger partial charge < -0.3 is 0 Å². The molecule has 1 aromatic carbocycles. The van der Waals surface area contributed by atoms with Crippen LogP contribution in [-0.2, 0) is 0 Å². The van der Waals surface area contributed by atoms with Gasteiger partial charge in [0.05, 0.1) is 0 Å². The summed E-state index contributed by atoms with van der Waals surface area (Å²) < 4.78 is 40.1. The van der Waals surface area contributed by atoms with Gasteiger partial charge in [0, 0.05) is 22.5 Å². The van der Waals surface area contributed by atoms with E-state index in [1.807, 2.05) is 0 Å². The fourth-order valence-corrected chi connectivity index (χ4v) is 3.53. The van der Waals surface area contributed by atoms with Crippen molar-refractivity contribution in [3.63, 3.8) is 0 Å². The van der Waals surface area contributed by atoms with Crippen molar-refractivity contribution in [3.05, 3.63) is 35.1 Å². The van der Waals surface area contributed by atoms with Crippen LogP contribution in [0.5, 0.6) is 0 Å². The first-order valence-corrected chi connectivity index (χ1v) is 7.30. The first-order chi connectivity index (χ1) is 8.60. The quantitative estimate of drug-likeness (QED) is 0.591. The molecule has 1 aromatic rings. The third-order valence-electron chi connectivity index (χ3n) is 2.93. The van der Waals surface area contributed by atoms with Gasteiger partial charge in [0.2, 0.25) is 0 Å². The summed E-state index contributed by atoms with van der Waals surface area (Å²) in [7, 11) is 0. The normalized spacial score (nSPS) is 15.4. The molecule has 0 aliphatic heterocycles. The topological polar surface area (TPSA) is 0 Å². The summed E-state index contributed by atoms with van der Waals surface area (Å²) in [5.74, 6) is -2.24. The lowest BCUT2D eigenvalue weighted by Gasteiger charge is -2.25. The van der Waals surface area contributed by atoms with E-state index < -0.39 is 22.3 Å². The van der Waals surface area contributed by atoms with Crippen molar-refractivity contribution in [1.82, 2.24) is 0 Å². The highest BCUT2D eigenvalue weighted by atomic mass is 79.9. The summed E-state index contributed by atoms with van der Waals surface area (Å²) in [5.41, 5.74) is 0.0913. The highest BCUT2D eigenvalue weighted by Gasteiger charge is 2.23. The number of hydrogen-bond donors (Lipinski definition) is 0. The number of hydrogen-bond acceptors (Lipinski definition) is 0. The summed E-state index contributed by atoms with van der Waals surface area (Å²) in [6.07, 6.45) is 1.57. The minimum absolute atomic E-state index is 0.0813. The van der Waals surface area contributed by atoms with Crippen LogP contribution in [0.15, 0.2) is 12.1 Å².